The van der Waals surface area contributed by atoms with Crippen LogP contribution in [0.4, 0.5) is 0 Å². The Morgan fingerprint density at radius 2 is 1.68 bits per heavy atom. The van der Waals surface area contributed by atoms with Gasteiger partial charge in [-0.15, -0.1) is 0 Å². The van der Waals surface area contributed by atoms with Crippen molar-refractivity contribution in [2.45, 2.75) is 78.1 Å². The second kappa shape index (κ2) is 9.46. The lowest BCUT2D eigenvalue weighted by Crippen LogP contribution is -2.23. The second-order valence-electron chi connectivity index (χ2n) is 8.14. The van der Waals surface area contributed by atoms with Gasteiger partial charge in [0.1, 0.15) is 5.75 Å². The summed E-state index contributed by atoms with van der Waals surface area (Å²) in [6.45, 7) is 5.10. The zero-order chi connectivity index (χ0) is 17.5. The molecule has 0 aromatic heterocycles. The van der Waals surface area contributed by atoms with Crippen molar-refractivity contribution in [1.29, 1.82) is 0 Å². The first kappa shape index (κ1) is 18.5. The van der Waals surface area contributed by atoms with E-state index in [1.54, 1.807) is 5.57 Å². The molecule has 1 heteroatoms. The summed E-state index contributed by atoms with van der Waals surface area (Å²) in [5.74, 6) is 3.96. The van der Waals surface area contributed by atoms with Gasteiger partial charge in [0, 0.05) is 0 Å². The van der Waals surface area contributed by atoms with Crippen LogP contribution in [0.3, 0.4) is 0 Å². The predicted octanol–water partition coefficient (Wildman–Crippen LogP) is 7.27. The molecule has 0 saturated heterocycles. The molecule has 138 valence electrons. The van der Waals surface area contributed by atoms with Gasteiger partial charge in [0.05, 0.1) is 6.61 Å². The van der Waals surface area contributed by atoms with Gasteiger partial charge >= 0.3 is 0 Å². The lowest BCUT2D eigenvalue weighted by molar-refractivity contribution is 0.188. The number of hydrogen-bond acceptors (Lipinski definition) is 1. The van der Waals surface area contributed by atoms with Crippen molar-refractivity contribution >= 4 is 5.57 Å². The van der Waals surface area contributed by atoms with Crippen LogP contribution in [0.2, 0.25) is 0 Å². The normalized spacial score (nSPS) is 27.0. The Balaban J connectivity index is 1.49. The van der Waals surface area contributed by atoms with Crippen molar-refractivity contribution in [3.8, 4) is 5.75 Å². The molecule has 2 aliphatic carbocycles. The maximum Gasteiger partial charge on any atom is 0.119 e. The van der Waals surface area contributed by atoms with Gasteiger partial charge < -0.3 is 4.74 Å². The highest BCUT2D eigenvalue weighted by molar-refractivity contribution is 5.66. The number of benzene rings is 1. The third kappa shape index (κ3) is 5.12. The molecule has 0 spiro atoms. The summed E-state index contributed by atoms with van der Waals surface area (Å²) in [5, 5.41) is 0. The molecule has 1 aromatic carbocycles. The number of hydrogen-bond donors (Lipinski definition) is 0. The first-order valence-corrected chi connectivity index (χ1v) is 10.7. The highest BCUT2D eigenvalue weighted by atomic mass is 16.5. The lowest BCUT2D eigenvalue weighted by atomic mass is 9.70. The minimum atomic E-state index is 0.740. The van der Waals surface area contributed by atoms with Crippen molar-refractivity contribution < 1.29 is 4.74 Å². The van der Waals surface area contributed by atoms with Crippen LogP contribution < -0.4 is 4.74 Å². The van der Waals surface area contributed by atoms with Gasteiger partial charge in [0.25, 0.3) is 0 Å². The summed E-state index contributed by atoms with van der Waals surface area (Å²) in [7, 11) is 0. The Morgan fingerprint density at radius 1 is 0.920 bits per heavy atom. The smallest absolute Gasteiger partial charge is 0.119 e. The molecule has 0 aliphatic heterocycles. The topological polar surface area (TPSA) is 9.23 Å². The van der Waals surface area contributed by atoms with Crippen molar-refractivity contribution in [2.24, 2.45) is 17.8 Å². The van der Waals surface area contributed by atoms with E-state index in [1.165, 1.54) is 69.8 Å². The average Bonchev–Trinajstić information content (AvgIpc) is 2.68. The molecular weight excluding hydrogens is 304 g/mol. The number of unbranched alkanes of at least 4 members (excludes halogenated alkanes) is 1. The molecule has 3 rings (SSSR count). The Hall–Kier alpha value is -1.24. The molecule has 1 saturated carbocycles. The quantitative estimate of drug-likeness (QED) is 0.507. The molecule has 25 heavy (non-hydrogen) atoms. The van der Waals surface area contributed by atoms with E-state index >= 15 is 0 Å². The number of rotatable bonds is 7. The molecule has 1 aromatic rings. The summed E-state index contributed by atoms with van der Waals surface area (Å²) in [6, 6.07) is 8.69. The van der Waals surface area contributed by atoms with Gasteiger partial charge in [0.15, 0.2) is 0 Å². The fraction of sp³-hybridized carbons (Fsp3) is 0.667. The van der Waals surface area contributed by atoms with E-state index in [-0.39, 0.29) is 0 Å². The Labute approximate surface area is 154 Å². The molecule has 1 nitrogen and oxygen atoms in total. The van der Waals surface area contributed by atoms with E-state index in [1.807, 2.05) is 6.92 Å². The summed E-state index contributed by atoms with van der Waals surface area (Å²) >= 11 is 0. The average molecular weight is 341 g/mol. The Morgan fingerprint density at radius 3 is 2.28 bits per heavy atom. The monoisotopic (exact) mass is 340 g/mol. The predicted molar refractivity (Wildman–Crippen MR) is 108 cm³/mol. The highest BCUT2D eigenvalue weighted by Crippen LogP contribution is 2.42. The van der Waals surface area contributed by atoms with Gasteiger partial charge in [0.2, 0.25) is 0 Å². The summed E-state index contributed by atoms with van der Waals surface area (Å²) < 4.78 is 5.56. The van der Waals surface area contributed by atoms with E-state index in [2.05, 4.69) is 37.3 Å². The van der Waals surface area contributed by atoms with Crippen LogP contribution in [-0.4, -0.2) is 6.61 Å². The molecule has 1 unspecified atom stereocenters. The fourth-order valence-electron chi connectivity index (χ4n) is 4.92. The lowest BCUT2D eigenvalue weighted by Gasteiger charge is -2.35. The van der Waals surface area contributed by atoms with E-state index in [0.29, 0.717) is 0 Å². The molecule has 1 atom stereocenters. The van der Waals surface area contributed by atoms with E-state index in [0.717, 1.165) is 30.1 Å². The minimum Gasteiger partial charge on any atom is -0.494 e. The van der Waals surface area contributed by atoms with Crippen LogP contribution in [0.5, 0.6) is 5.75 Å². The van der Waals surface area contributed by atoms with E-state index < -0.39 is 0 Å². The highest BCUT2D eigenvalue weighted by Gasteiger charge is 2.28. The summed E-state index contributed by atoms with van der Waals surface area (Å²) in [5.41, 5.74) is 2.95. The molecule has 2 aliphatic rings. The summed E-state index contributed by atoms with van der Waals surface area (Å²) in [4.78, 5) is 0. The van der Waals surface area contributed by atoms with Crippen molar-refractivity contribution in [1.82, 2.24) is 0 Å². The van der Waals surface area contributed by atoms with E-state index in [4.69, 9.17) is 4.74 Å². The van der Waals surface area contributed by atoms with Gasteiger partial charge in [-0.25, -0.2) is 0 Å². The van der Waals surface area contributed by atoms with Gasteiger partial charge in [-0.3, -0.25) is 0 Å². The van der Waals surface area contributed by atoms with Crippen LogP contribution in [0.15, 0.2) is 30.3 Å². The molecule has 1 fully saturated rings. The molecular formula is C24H36O. The van der Waals surface area contributed by atoms with Crippen molar-refractivity contribution in [3.05, 3.63) is 35.9 Å². The minimum absolute atomic E-state index is 0.740. The fourth-order valence-corrected chi connectivity index (χ4v) is 4.92. The zero-order valence-electron chi connectivity index (χ0n) is 16.3. The van der Waals surface area contributed by atoms with Gasteiger partial charge in [-0.2, -0.15) is 0 Å². The third-order valence-electron chi connectivity index (χ3n) is 6.51. The number of allylic oxidation sites excluding steroid dienone is 2. The standard InChI is InChI=1S/C24H36O/c1-3-5-6-19-7-9-20(10-8-19)21-11-13-22(14-12-21)23-15-17-24(18-16-23)25-4-2/h13,15-21H,3-12,14H2,1-2H3/t19-,20-,21?. The second-order valence-corrected chi connectivity index (χ2v) is 8.14. The van der Waals surface area contributed by atoms with Gasteiger partial charge in [-0.05, 0) is 80.1 Å². The SMILES string of the molecule is CCCC[C@H]1CC[C@H](C2CC=C(c3ccc(OCC)cc3)CC2)CC1. The maximum atomic E-state index is 5.56. The Kier molecular flexibility index (Phi) is 7.02. The molecule has 0 N–H and O–H groups in total. The molecule has 0 bridgehead atoms. The maximum absolute atomic E-state index is 5.56. The van der Waals surface area contributed by atoms with Crippen LogP contribution in [-0.2, 0) is 0 Å². The van der Waals surface area contributed by atoms with Crippen LogP contribution in [0.25, 0.3) is 5.57 Å². The molecule has 0 radical (unpaired) electrons. The number of ether oxygens (including phenoxy) is 1. The summed E-state index contributed by atoms with van der Waals surface area (Å²) in [6.07, 6.45) is 16.7. The largest absolute Gasteiger partial charge is 0.494 e. The van der Waals surface area contributed by atoms with Crippen LogP contribution >= 0.6 is 0 Å². The van der Waals surface area contributed by atoms with Crippen molar-refractivity contribution in [2.75, 3.05) is 6.61 Å². The third-order valence-corrected chi connectivity index (χ3v) is 6.51. The first-order valence-electron chi connectivity index (χ1n) is 10.7. The Bertz CT molecular complexity index is 534. The molecule has 0 amide bonds. The van der Waals surface area contributed by atoms with E-state index in [9.17, 15) is 0 Å². The van der Waals surface area contributed by atoms with Crippen molar-refractivity contribution in [3.63, 3.8) is 0 Å². The molecule has 0 heterocycles. The van der Waals surface area contributed by atoms with Gasteiger partial charge in [-0.1, -0.05) is 57.2 Å². The first-order chi connectivity index (χ1) is 12.3. The van der Waals surface area contributed by atoms with Crippen LogP contribution in [0.1, 0.15) is 83.6 Å². The van der Waals surface area contributed by atoms with Crippen LogP contribution in [0, 0.1) is 17.8 Å². The zero-order valence-corrected chi connectivity index (χ0v) is 16.3.